The van der Waals surface area contributed by atoms with Crippen LogP contribution in [0, 0.1) is 5.92 Å². The average molecular weight is 354 g/mol. The van der Waals surface area contributed by atoms with E-state index in [1.807, 2.05) is 24.8 Å². The van der Waals surface area contributed by atoms with Crippen molar-refractivity contribution in [3.8, 4) is 5.88 Å². The maximum absolute atomic E-state index is 12.4. The Bertz CT molecular complexity index is 795. The van der Waals surface area contributed by atoms with Crippen LogP contribution < -0.4 is 9.64 Å². The van der Waals surface area contributed by atoms with Crippen molar-refractivity contribution in [1.82, 2.24) is 14.9 Å². The number of piperazine rings is 1. The number of carbonyl (C=O) groups excluding carboxylic acids is 1. The van der Waals surface area contributed by atoms with Crippen molar-refractivity contribution in [2.24, 2.45) is 5.92 Å². The number of ether oxygens (including phenoxy) is 1. The fraction of sp³-hybridized carbons (Fsp3) is 0.550. The number of fused-ring (bicyclic) bond motifs is 1. The molecule has 1 aliphatic carbocycles. The fourth-order valence-corrected chi connectivity index (χ4v) is 3.63. The summed E-state index contributed by atoms with van der Waals surface area (Å²) in [5.74, 6) is 1.27. The van der Waals surface area contributed by atoms with E-state index < -0.39 is 0 Å². The Morgan fingerprint density at radius 1 is 1.15 bits per heavy atom. The molecule has 0 radical (unpaired) electrons. The second kappa shape index (κ2) is 7.09. The largest absolute Gasteiger partial charge is 0.474 e. The van der Waals surface area contributed by atoms with Gasteiger partial charge in [-0.15, -0.1) is 0 Å². The summed E-state index contributed by atoms with van der Waals surface area (Å²) in [7, 11) is 0. The SMILES string of the molecule is CC(C)Oc1ncnc2ccc(N3CCN(C(=O)C4CCC4)CC3)cc12. The average Bonchev–Trinajstić information content (AvgIpc) is 2.60. The van der Waals surface area contributed by atoms with Gasteiger partial charge >= 0.3 is 0 Å². The predicted octanol–water partition coefficient (Wildman–Crippen LogP) is 2.87. The maximum atomic E-state index is 12.4. The molecule has 1 amide bonds. The summed E-state index contributed by atoms with van der Waals surface area (Å²) in [5, 5.41) is 0.937. The Kier molecular flexibility index (Phi) is 4.66. The first-order valence-corrected chi connectivity index (χ1v) is 9.57. The van der Waals surface area contributed by atoms with Gasteiger partial charge < -0.3 is 14.5 Å². The lowest BCUT2D eigenvalue weighted by Gasteiger charge is -2.39. The van der Waals surface area contributed by atoms with Crippen LogP contribution in [0.25, 0.3) is 10.9 Å². The molecule has 138 valence electrons. The van der Waals surface area contributed by atoms with Crippen LogP contribution in [0.15, 0.2) is 24.5 Å². The van der Waals surface area contributed by atoms with Gasteiger partial charge in [-0.2, -0.15) is 0 Å². The highest BCUT2D eigenvalue weighted by molar-refractivity contribution is 5.87. The lowest BCUT2D eigenvalue weighted by atomic mass is 9.84. The van der Waals surface area contributed by atoms with E-state index in [1.165, 1.54) is 6.42 Å². The monoisotopic (exact) mass is 354 g/mol. The van der Waals surface area contributed by atoms with Gasteiger partial charge in [-0.1, -0.05) is 6.42 Å². The highest BCUT2D eigenvalue weighted by Gasteiger charge is 2.31. The molecule has 2 aromatic rings. The number of anilines is 1. The molecule has 1 saturated heterocycles. The molecule has 6 heteroatoms. The third kappa shape index (κ3) is 3.32. The van der Waals surface area contributed by atoms with Gasteiger partial charge in [-0.25, -0.2) is 9.97 Å². The van der Waals surface area contributed by atoms with Crippen molar-refractivity contribution >= 4 is 22.5 Å². The van der Waals surface area contributed by atoms with Crippen molar-refractivity contribution < 1.29 is 9.53 Å². The molecule has 2 aliphatic rings. The lowest BCUT2D eigenvalue weighted by molar-refractivity contribution is -0.138. The van der Waals surface area contributed by atoms with Gasteiger partial charge in [0.1, 0.15) is 6.33 Å². The molecule has 0 bridgehead atoms. The number of hydrogen-bond acceptors (Lipinski definition) is 5. The van der Waals surface area contributed by atoms with Crippen LogP contribution in [0.3, 0.4) is 0 Å². The Hall–Kier alpha value is -2.37. The van der Waals surface area contributed by atoms with Crippen LogP contribution in [-0.2, 0) is 4.79 Å². The van der Waals surface area contributed by atoms with Crippen LogP contribution in [-0.4, -0.2) is 53.1 Å². The number of carbonyl (C=O) groups is 1. The summed E-state index contributed by atoms with van der Waals surface area (Å²) in [5.41, 5.74) is 2.02. The van der Waals surface area contributed by atoms with Crippen molar-refractivity contribution in [2.45, 2.75) is 39.2 Å². The normalized spacial score (nSPS) is 18.3. The lowest BCUT2D eigenvalue weighted by Crippen LogP contribution is -2.51. The fourth-order valence-electron chi connectivity index (χ4n) is 3.63. The summed E-state index contributed by atoms with van der Waals surface area (Å²) in [6, 6.07) is 6.22. The first kappa shape index (κ1) is 17.1. The Morgan fingerprint density at radius 3 is 2.58 bits per heavy atom. The Morgan fingerprint density at radius 2 is 1.92 bits per heavy atom. The zero-order chi connectivity index (χ0) is 18.1. The number of aromatic nitrogens is 2. The molecule has 2 fully saturated rings. The van der Waals surface area contributed by atoms with E-state index >= 15 is 0 Å². The van der Waals surface area contributed by atoms with Crippen LogP contribution in [0.4, 0.5) is 5.69 Å². The van der Waals surface area contributed by atoms with E-state index in [-0.39, 0.29) is 12.0 Å². The molecule has 1 aromatic heterocycles. The third-order valence-corrected chi connectivity index (χ3v) is 5.34. The maximum Gasteiger partial charge on any atom is 0.225 e. The minimum absolute atomic E-state index is 0.0674. The van der Waals surface area contributed by atoms with Crippen molar-refractivity contribution in [3.05, 3.63) is 24.5 Å². The molecule has 0 spiro atoms. The van der Waals surface area contributed by atoms with E-state index in [4.69, 9.17) is 4.74 Å². The molecule has 4 rings (SSSR count). The molecule has 0 N–H and O–H groups in total. The minimum atomic E-state index is 0.0674. The van der Waals surface area contributed by atoms with Crippen LogP contribution in [0.1, 0.15) is 33.1 Å². The molecule has 0 atom stereocenters. The standard InChI is InChI=1S/C20H26N4O2/c1-14(2)26-19-17-12-16(6-7-18(17)21-13-22-19)23-8-10-24(11-9-23)20(25)15-4-3-5-15/h6-7,12-15H,3-5,8-11H2,1-2H3. The summed E-state index contributed by atoms with van der Waals surface area (Å²) in [6.45, 7) is 7.31. The zero-order valence-corrected chi connectivity index (χ0v) is 15.5. The molecule has 2 heterocycles. The first-order valence-electron chi connectivity index (χ1n) is 9.57. The highest BCUT2D eigenvalue weighted by Crippen LogP contribution is 2.30. The molecular weight excluding hydrogens is 328 g/mol. The summed E-state index contributed by atoms with van der Waals surface area (Å²) in [4.78, 5) is 25.4. The molecule has 1 aromatic carbocycles. The number of amides is 1. The number of rotatable bonds is 4. The molecule has 1 aliphatic heterocycles. The van der Waals surface area contributed by atoms with E-state index in [0.717, 1.165) is 55.6 Å². The minimum Gasteiger partial charge on any atom is -0.474 e. The number of benzene rings is 1. The summed E-state index contributed by atoms with van der Waals surface area (Å²) < 4.78 is 5.84. The van der Waals surface area contributed by atoms with Gasteiger partial charge in [-0.05, 0) is 44.9 Å². The van der Waals surface area contributed by atoms with Gasteiger partial charge in [0.2, 0.25) is 11.8 Å². The highest BCUT2D eigenvalue weighted by atomic mass is 16.5. The van der Waals surface area contributed by atoms with Gasteiger partial charge in [0.25, 0.3) is 0 Å². The van der Waals surface area contributed by atoms with Crippen LogP contribution in [0.2, 0.25) is 0 Å². The van der Waals surface area contributed by atoms with E-state index in [2.05, 4.69) is 27.0 Å². The van der Waals surface area contributed by atoms with Gasteiger partial charge in [0.15, 0.2) is 0 Å². The van der Waals surface area contributed by atoms with Crippen molar-refractivity contribution in [1.29, 1.82) is 0 Å². The molecular formula is C20H26N4O2. The third-order valence-electron chi connectivity index (χ3n) is 5.34. The Labute approximate surface area is 154 Å². The zero-order valence-electron chi connectivity index (χ0n) is 15.5. The first-order chi connectivity index (χ1) is 12.6. The van der Waals surface area contributed by atoms with E-state index in [1.54, 1.807) is 6.33 Å². The molecule has 6 nitrogen and oxygen atoms in total. The van der Waals surface area contributed by atoms with Crippen molar-refractivity contribution in [2.75, 3.05) is 31.1 Å². The molecule has 26 heavy (non-hydrogen) atoms. The van der Waals surface area contributed by atoms with E-state index in [9.17, 15) is 4.79 Å². The van der Waals surface area contributed by atoms with Crippen LogP contribution in [0.5, 0.6) is 5.88 Å². The number of hydrogen-bond donors (Lipinski definition) is 0. The molecule has 0 unspecified atom stereocenters. The summed E-state index contributed by atoms with van der Waals surface area (Å²) >= 11 is 0. The van der Waals surface area contributed by atoms with E-state index in [0.29, 0.717) is 11.8 Å². The predicted molar refractivity (Wildman–Crippen MR) is 101 cm³/mol. The number of nitrogens with zero attached hydrogens (tertiary/aromatic N) is 4. The van der Waals surface area contributed by atoms with Gasteiger partial charge in [0, 0.05) is 37.8 Å². The summed E-state index contributed by atoms with van der Waals surface area (Å²) in [6.07, 6.45) is 4.96. The smallest absolute Gasteiger partial charge is 0.225 e. The second-order valence-electron chi connectivity index (χ2n) is 7.49. The van der Waals surface area contributed by atoms with Crippen LogP contribution >= 0.6 is 0 Å². The second-order valence-corrected chi connectivity index (χ2v) is 7.49. The Balaban J connectivity index is 1.49. The van der Waals surface area contributed by atoms with Crippen molar-refractivity contribution in [3.63, 3.8) is 0 Å². The molecule has 1 saturated carbocycles. The quantitative estimate of drug-likeness (QED) is 0.845. The van der Waals surface area contributed by atoms with Gasteiger partial charge in [0.05, 0.1) is 17.0 Å². The van der Waals surface area contributed by atoms with Gasteiger partial charge in [-0.3, -0.25) is 4.79 Å². The topological polar surface area (TPSA) is 58.6 Å².